The van der Waals surface area contributed by atoms with Crippen molar-refractivity contribution in [2.45, 2.75) is 0 Å². The van der Waals surface area contributed by atoms with Gasteiger partial charge in [-0.1, -0.05) is 109 Å². The average Bonchev–Trinajstić information content (AvgIpc) is 3.64. The molecule has 0 aliphatic rings. The lowest BCUT2D eigenvalue weighted by Gasteiger charge is -2.10. The van der Waals surface area contributed by atoms with Crippen LogP contribution in [0.5, 0.6) is 0 Å². The molecule has 2 heterocycles. The molecule has 0 atom stereocenters. The first-order valence-electron chi connectivity index (χ1n) is 15.9. The maximum atomic E-state index is 2.43. The van der Waals surface area contributed by atoms with Gasteiger partial charge in [-0.3, -0.25) is 0 Å². The van der Waals surface area contributed by atoms with E-state index in [0.29, 0.717) is 0 Å². The number of nitrogens with zero attached hydrogens (tertiary/aromatic N) is 2. The van der Waals surface area contributed by atoms with E-state index in [1.54, 1.807) is 0 Å². The van der Waals surface area contributed by atoms with Crippen molar-refractivity contribution in [2.24, 2.45) is 0 Å². The topological polar surface area (TPSA) is 9.86 Å². The van der Waals surface area contributed by atoms with Crippen LogP contribution in [0.15, 0.2) is 170 Å². The minimum Gasteiger partial charge on any atom is -0.309 e. The summed E-state index contributed by atoms with van der Waals surface area (Å²) >= 11 is 0. The maximum Gasteiger partial charge on any atom is 0.0547 e. The minimum atomic E-state index is 1.18. The van der Waals surface area contributed by atoms with E-state index in [-0.39, 0.29) is 0 Å². The lowest BCUT2D eigenvalue weighted by molar-refractivity contribution is 1.18. The highest BCUT2D eigenvalue weighted by Crippen LogP contribution is 2.40. The summed E-state index contributed by atoms with van der Waals surface area (Å²) in [6.45, 7) is 0. The molecule has 0 saturated heterocycles. The molecule has 10 aromatic rings. The standard InChI is InChI=1S/C44H28N2/c1-2-13-34(14-3-1)45-40-17-9-8-16-37(40)38-27-32(20-23-41(38)45)33-21-24-42-39(28-33)44-36-15-7-6-11-30(36)19-25-43(44)46(42)35-22-18-29-10-4-5-12-31(29)26-35/h1-28H. The number of para-hydroxylation sites is 2. The highest BCUT2D eigenvalue weighted by atomic mass is 15.0. The molecule has 0 saturated carbocycles. The third kappa shape index (κ3) is 3.65. The number of rotatable bonds is 3. The highest BCUT2D eigenvalue weighted by Gasteiger charge is 2.17. The second-order valence-corrected chi connectivity index (χ2v) is 12.2. The van der Waals surface area contributed by atoms with Gasteiger partial charge in [0.2, 0.25) is 0 Å². The maximum absolute atomic E-state index is 2.43. The van der Waals surface area contributed by atoms with Crippen molar-refractivity contribution in [1.82, 2.24) is 9.13 Å². The Kier molecular flexibility index (Phi) is 5.31. The predicted molar refractivity (Wildman–Crippen MR) is 196 cm³/mol. The van der Waals surface area contributed by atoms with Gasteiger partial charge in [-0.2, -0.15) is 0 Å². The smallest absolute Gasteiger partial charge is 0.0547 e. The first-order valence-corrected chi connectivity index (χ1v) is 15.9. The van der Waals surface area contributed by atoms with Gasteiger partial charge in [-0.05, 0) is 93.3 Å². The third-order valence-corrected chi connectivity index (χ3v) is 9.67. The number of fused-ring (bicyclic) bond motifs is 9. The second-order valence-electron chi connectivity index (χ2n) is 12.2. The van der Waals surface area contributed by atoms with Gasteiger partial charge in [0.15, 0.2) is 0 Å². The molecular formula is C44H28N2. The molecule has 0 amide bonds. The molecule has 8 aromatic carbocycles. The molecule has 2 nitrogen and oxygen atoms in total. The summed E-state index contributed by atoms with van der Waals surface area (Å²) in [5.41, 5.74) is 9.67. The number of aromatic nitrogens is 2. The monoisotopic (exact) mass is 584 g/mol. The zero-order valence-electron chi connectivity index (χ0n) is 25.1. The van der Waals surface area contributed by atoms with Crippen LogP contribution >= 0.6 is 0 Å². The normalized spacial score (nSPS) is 11.9. The van der Waals surface area contributed by atoms with E-state index in [1.807, 2.05) is 0 Å². The van der Waals surface area contributed by atoms with Crippen molar-refractivity contribution in [2.75, 3.05) is 0 Å². The Bertz CT molecular complexity index is 2800. The van der Waals surface area contributed by atoms with E-state index in [4.69, 9.17) is 0 Å². The van der Waals surface area contributed by atoms with Crippen molar-refractivity contribution in [1.29, 1.82) is 0 Å². The quantitative estimate of drug-likeness (QED) is 0.195. The average molecular weight is 585 g/mol. The van der Waals surface area contributed by atoms with Gasteiger partial charge in [0.05, 0.1) is 22.1 Å². The van der Waals surface area contributed by atoms with E-state index >= 15 is 0 Å². The lowest BCUT2D eigenvalue weighted by Crippen LogP contribution is -1.94. The first kappa shape index (κ1) is 25.2. The molecule has 214 valence electrons. The summed E-state index contributed by atoms with van der Waals surface area (Å²) in [4.78, 5) is 0. The number of hydrogen-bond donors (Lipinski definition) is 0. The molecule has 2 heteroatoms. The van der Waals surface area contributed by atoms with E-state index in [2.05, 4.69) is 179 Å². The Balaban J connectivity index is 1.24. The van der Waals surface area contributed by atoms with Crippen LogP contribution in [0.25, 0.3) is 87.7 Å². The largest absolute Gasteiger partial charge is 0.309 e. The minimum absolute atomic E-state index is 1.18. The molecule has 0 spiro atoms. The fraction of sp³-hybridized carbons (Fsp3) is 0. The van der Waals surface area contributed by atoms with Gasteiger partial charge >= 0.3 is 0 Å². The summed E-state index contributed by atoms with van der Waals surface area (Å²) in [5, 5.41) is 10.1. The Morgan fingerprint density at radius 2 is 0.848 bits per heavy atom. The van der Waals surface area contributed by atoms with Gasteiger partial charge in [0.1, 0.15) is 0 Å². The Morgan fingerprint density at radius 3 is 1.67 bits per heavy atom. The summed E-state index contributed by atoms with van der Waals surface area (Å²) < 4.78 is 4.81. The van der Waals surface area contributed by atoms with E-state index in [9.17, 15) is 0 Å². The predicted octanol–water partition coefficient (Wildman–Crippen LogP) is 11.9. The van der Waals surface area contributed by atoms with E-state index in [1.165, 1.54) is 87.7 Å². The Labute approximate surface area is 266 Å². The van der Waals surface area contributed by atoms with Crippen molar-refractivity contribution in [3.63, 3.8) is 0 Å². The molecule has 0 unspecified atom stereocenters. The van der Waals surface area contributed by atoms with E-state index in [0.717, 1.165) is 0 Å². The van der Waals surface area contributed by atoms with Crippen LogP contribution in [-0.2, 0) is 0 Å². The van der Waals surface area contributed by atoms with Crippen LogP contribution in [0.2, 0.25) is 0 Å². The van der Waals surface area contributed by atoms with Gasteiger partial charge in [-0.25, -0.2) is 0 Å². The zero-order valence-corrected chi connectivity index (χ0v) is 25.1. The molecular weight excluding hydrogens is 556 g/mol. The molecule has 0 bridgehead atoms. The van der Waals surface area contributed by atoms with Crippen LogP contribution < -0.4 is 0 Å². The summed E-state index contributed by atoms with van der Waals surface area (Å²) in [5.74, 6) is 0. The molecule has 0 aliphatic heterocycles. The summed E-state index contributed by atoms with van der Waals surface area (Å²) in [6, 6.07) is 62.0. The van der Waals surface area contributed by atoms with Crippen LogP contribution in [0.4, 0.5) is 0 Å². The Morgan fingerprint density at radius 1 is 0.283 bits per heavy atom. The van der Waals surface area contributed by atoms with Gasteiger partial charge < -0.3 is 9.13 Å². The fourth-order valence-corrected chi connectivity index (χ4v) is 7.57. The van der Waals surface area contributed by atoms with Crippen molar-refractivity contribution in [3.8, 4) is 22.5 Å². The molecule has 10 rings (SSSR count). The van der Waals surface area contributed by atoms with Crippen LogP contribution in [0.3, 0.4) is 0 Å². The third-order valence-electron chi connectivity index (χ3n) is 9.67. The molecule has 0 fully saturated rings. The molecule has 2 aromatic heterocycles. The first-order chi connectivity index (χ1) is 22.8. The number of benzene rings is 8. The van der Waals surface area contributed by atoms with Gasteiger partial charge in [0, 0.05) is 32.9 Å². The van der Waals surface area contributed by atoms with Crippen LogP contribution in [0.1, 0.15) is 0 Å². The molecule has 0 radical (unpaired) electrons. The van der Waals surface area contributed by atoms with Gasteiger partial charge in [-0.15, -0.1) is 0 Å². The zero-order chi connectivity index (χ0) is 30.2. The summed E-state index contributed by atoms with van der Waals surface area (Å²) in [6.07, 6.45) is 0. The van der Waals surface area contributed by atoms with Crippen LogP contribution in [0, 0.1) is 0 Å². The highest BCUT2D eigenvalue weighted by molar-refractivity contribution is 6.22. The molecule has 46 heavy (non-hydrogen) atoms. The molecule has 0 aliphatic carbocycles. The van der Waals surface area contributed by atoms with Crippen molar-refractivity contribution < 1.29 is 0 Å². The lowest BCUT2D eigenvalue weighted by atomic mass is 9.99. The SMILES string of the molecule is c1ccc(-n2c3ccccc3c3cc(-c4ccc5c(c4)c4c6ccccc6ccc4n5-c4ccc5ccccc5c4)ccc32)cc1. The fourth-order valence-electron chi connectivity index (χ4n) is 7.57. The summed E-state index contributed by atoms with van der Waals surface area (Å²) in [7, 11) is 0. The Hall–Kier alpha value is -6.12. The second kappa shape index (κ2) is 9.69. The number of hydrogen-bond acceptors (Lipinski definition) is 0. The van der Waals surface area contributed by atoms with Crippen LogP contribution in [-0.4, -0.2) is 9.13 Å². The van der Waals surface area contributed by atoms with Crippen molar-refractivity contribution >= 4 is 65.2 Å². The van der Waals surface area contributed by atoms with Gasteiger partial charge in [0.25, 0.3) is 0 Å². The van der Waals surface area contributed by atoms with E-state index < -0.39 is 0 Å². The molecule has 0 N–H and O–H groups in total. The van der Waals surface area contributed by atoms with Crippen molar-refractivity contribution in [3.05, 3.63) is 170 Å².